The molecule has 1 aromatic heterocycles. The zero-order valence-corrected chi connectivity index (χ0v) is 11.6. The fourth-order valence-corrected chi connectivity index (χ4v) is 3.04. The van der Waals surface area contributed by atoms with Crippen LogP contribution in [0.15, 0.2) is 12.1 Å². The zero-order valence-electron chi connectivity index (χ0n) is 10.1. The van der Waals surface area contributed by atoms with E-state index in [2.05, 4.69) is 4.74 Å². The molecule has 2 aromatic rings. The number of halogens is 1. The summed E-state index contributed by atoms with van der Waals surface area (Å²) in [6.07, 6.45) is 0. The molecule has 0 aliphatic rings. The minimum Gasteiger partial charge on any atom is -0.493 e. The Morgan fingerprint density at radius 3 is 2.50 bits per heavy atom. The van der Waals surface area contributed by atoms with E-state index in [1.807, 2.05) is 0 Å². The summed E-state index contributed by atoms with van der Waals surface area (Å²) in [4.78, 5) is 12.0. The van der Waals surface area contributed by atoms with Crippen LogP contribution in [0.3, 0.4) is 0 Å². The third-order valence-electron chi connectivity index (χ3n) is 2.49. The van der Waals surface area contributed by atoms with E-state index in [1.54, 1.807) is 12.1 Å². The molecule has 0 fully saturated rings. The van der Waals surface area contributed by atoms with Crippen LogP contribution in [0.2, 0.25) is 5.02 Å². The largest absolute Gasteiger partial charge is 0.493 e. The van der Waals surface area contributed by atoms with Crippen molar-refractivity contribution in [2.24, 2.45) is 0 Å². The van der Waals surface area contributed by atoms with E-state index in [1.165, 1.54) is 32.7 Å². The molecule has 0 bridgehead atoms. The number of thiophene rings is 1. The SMILES string of the molecule is COC(=O)c1cc2c(Cl)c(OC)c(OC)cc2s1. The van der Waals surface area contributed by atoms with Gasteiger partial charge in [-0.2, -0.15) is 0 Å². The van der Waals surface area contributed by atoms with Crippen molar-refractivity contribution in [3.8, 4) is 11.5 Å². The van der Waals surface area contributed by atoms with E-state index in [-0.39, 0.29) is 5.97 Å². The fraction of sp³-hybridized carbons (Fsp3) is 0.250. The van der Waals surface area contributed by atoms with Gasteiger partial charge < -0.3 is 14.2 Å². The van der Waals surface area contributed by atoms with Gasteiger partial charge in [-0.05, 0) is 6.07 Å². The Balaban J connectivity index is 2.69. The maximum atomic E-state index is 11.5. The second kappa shape index (κ2) is 5.04. The molecule has 1 aromatic carbocycles. The summed E-state index contributed by atoms with van der Waals surface area (Å²) in [6, 6.07) is 3.48. The molecule has 1 heterocycles. The summed E-state index contributed by atoms with van der Waals surface area (Å²) in [5.41, 5.74) is 0. The zero-order chi connectivity index (χ0) is 13.3. The second-order valence-corrected chi connectivity index (χ2v) is 4.90. The summed E-state index contributed by atoms with van der Waals surface area (Å²) in [7, 11) is 4.40. The van der Waals surface area contributed by atoms with Crippen molar-refractivity contribution < 1.29 is 19.0 Å². The number of ether oxygens (including phenoxy) is 3. The van der Waals surface area contributed by atoms with Gasteiger partial charge in [-0.3, -0.25) is 0 Å². The van der Waals surface area contributed by atoms with Crippen LogP contribution < -0.4 is 9.47 Å². The van der Waals surface area contributed by atoms with Crippen molar-refractivity contribution in [2.45, 2.75) is 0 Å². The van der Waals surface area contributed by atoms with Gasteiger partial charge in [0.05, 0.1) is 26.4 Å². The summed E-state index contributed by atoms with van der Waals surface area (Å²) in [5, 5.41) is 1.18. The highest BCUT2D eigenvalue weighted by molar-refractivity contribution is 7.20. The minimum absolute atomic E-state index is 0.384. The van der Waals surface area contributed by atoms with Crippen LogP contribution in [0.25, 0.3) is 10.1 Å². The first kappa shape index (κ1) is 13.0. The molecule has 0 saturated carbocycles. The van der Waals surface area contributed by atoms with Gasteiger partial charge in [-0.1, -0.05) is 11.6 Å². The second-order valence-electron chi connectivity index (χ2n) is 3.44. The smallest absolute Gasteiger partial charge is 0.348 e. The Kier molecular flexibility index (Phi) is 3.63. The van der Waals surface area contributed by atoms with Gasteiger partial charge in [-0.15, -0.1) is 11.3 Å². The molecule has 0 unspecified atom stereocenters. The van der Waals surface area contributed by atoms with Crippen molar-refractivity contribution in [2.75, 3.05) is 21.3 Å². The molecule has 0 saturated heterocycles. The minimum atomic E-state index is -0.384. The molecular formula is C12H11ClO4S. The van der Waals surface area contributed by atoms with Gasteiger partial charge in [0.1, 0.15) is 4.88 Å². The van der Waals surface area contributed by atoms with Crippen molar-refractivity contribution >= 4 is 39.0 Å². The molecule has 0 radical (unpaired) electrons. The lowest BCUT2D eigenvalue weighted by atomic mass is 10.2. The Hall–Kier alpha value is -1.46. The van der Waals surface area contributed by atoms with Crippen molar-refractivity contribution in [1.82, 2.24) is 0 Å². The molecule has 6 heteroatoms. The summed E-state index contributed by atoms with van der Waals surface area (Å²) >= 11 is 7.53. The van der Waals surface area contributed by atoms with Crippen LogP contribution in [0.5, 0.6) is 11.5 Å². The molecule has 0 spiro atoms. The Bertz CT molecular complexity index is 606. The van der Waals surface area contributed by atoms with Gasteiger partial charge in [0, 0.05) is 16.2 Å². The third kappa shape index (κ3) is 2.00. The number of carbonyl (C=O) groups excluding carboxylic acids is 1. The van der Waals surface area contributed by atoms with Crippen LogP contribution in [-0.4, -0.2) is 27.3 Å². The summed E-state index contributed by atoms with van der Waals surface area (Å²) in [6.45, 7) is 0. The first-order valence-corrected chi connectivity index (χ1v) is 6.24. The highest BCUT2D eigenvalue weighted by atomic mass is 35.5. The molecule has 4 nitrogen and oxygen atoms in total. The number of hydrogen-bond donors (Lipinski definition) is 0. The highest BCUT2D eigenvalue weighted by Crippen LogP contribution is 2.43. The molecule has 0 atom stereocenters. The van der Waals surface area contributed by atoms with Crippen LogP contribution >= 0.6 is 22.9 Å². The van der Waals surface area contributed by atoms with Gasteiger partial charge in [-0.25, -0.2) is 4.79 Å². The quantitative estimate of drug-likeness (QED) is 0.812. The lowest BCUT2D eigenvalue weighted by Crippen LogP contribution is -1.96. The number of rotatable bonds is 3. The van der Waals surface area contributed by atoms with Crippen LogP contribution in [-0.2, 0) is 4.74 Å². The van der Waals surface area contributed by atoms with Gasteiger partial charge in [0.15, 0.2) is 11.5 Å². The highest BCUT2D eigenvalue weighted by Gasteiger charge is 2.18. The van der Waals surface area contributed by atoms with E-state index in [0.29, 0.717) is 21.4 Å². The number of benzene rings is 1. The van der Waals surface area contributed by atoms with Crippen LogP contribution in [0.4, 0.5) is 0 Å². The fourth-order valence-electron chi connectivity index (χ4n) is 1.64. The maximum Gasteiger partial charge on any atom is 0.348 e. The molecule has 0 N–H and O–H groups in total. The van der Waals surface area contributed by atoms with Crippen LogP contribution in [0, 0.1) is 0 Å². The number of esters is 1. The number of methoxy groups -OCH3 is 3. The topological polar surface area (TPSA) is 44.8 Å². The van der Waals surface area contributed by atoms with Crippen molar-refractivity contribution in [3.63, 3.8) is 0 Å². The van der Waals surface area contributed by atoms with Crippen molar-refractivity contribution in [1.29, 1.82) is 0 Å². The molecule has 2 rings (SSSR count). The molecule has 0 aliphatic heterocycles. The molecule has 0 amide bonds. The number of hydrogen-bond acceptors (Lipinski definition) is 5. The molecule has 0 aliphatic carbocycles. The van der Waals surface area contributed by atoms with Crippen molar-refractivity contribution in [3.05, 3.63) is 22.0 Å². The predicted molar refractivity (Wildman–Crippen MR) is 71.3 cm³/mol. The lowest BCUT2D eigenvalue weighted by molar-refractivity contribution is 0.0606. The van der Waals surface area contributed by atoms with Gasteiger partial charge in [0.25, 0.3) is 0 Å². The molecular weight excluding hydrogens is 276 g/mol. The average molecular weight is 287 g/mol. The predicted octanol–water partition coefficient (Wildman–Crippen LogP) is 3.36. The lowest BCUT2D eigenvalue weighted by Gasteiger charge is -2.09. The first-order chi connectivity index (χ1) is 8.62. The summed E-state index contributed by atoms with van der Waals surface area (Å²) < 4.78 is 15.9. The summed E-state index contributed by atoms with van der Waals surface area (Å²) in [5.74, 6) is 0.611. The van der Waals surface area contributed by atoms with Crippen LogP contribution in [0.1, 0.15) is 9.67 Å². The normalized spacial score (nSPS) is 10.4. The maximum absolute atomic E-state index is 11.5. The third-order valence-corrected chi connectivity index (χ3v) is 3.93. The monoisotopic (exact) mass is 286 g/mol. The Labute approximate surface area is 113 Å². The van der Waals surface area contributed by atoms with E-state index in [4.69, 9.17) is 21.1 Å². The average Bonchev–Trinajstić information content (AvgIpc) is 2.81. The van der Waals surface area contributed by atoms with E-state index >= 15 is 0 Å². The van der Waals surface area contributed by atoms with E-state index < -0.39 is 0 Å². The van der Waals surface area contributed by atoms with E-state index in [9.17, 15) is 4.79 Å². The molecule has 18 heavy (non-hydrogen) atoms. The first-order valence-electron chi connectivity index (χ1n) is 5.04. The van der Waals surface area contributed by atoms with Gasteiger partial charge >= 0.3 is 5.97 Å². The van der Waals surface area contributed by atoms with Gasteiger partial charge in [0.2, 0.25) is 0 Å². The number of carbonyl (C=O) groups is 1. The molecule has 96 valence electrons. The Morgan fingerprint density at radius 2 is 1.94 bits per heavy atom. The Morgan fingerprint density at radius 1 is 1.22 bits per heavy atom. The van der Waals surface area contributed by atoms with E-state index in [0.717, 1.165) is 10.1 Å². The standard InChI is InChI=1S/C12H11ClO4S/c1-15-7-5-8-6(10(13)11(7)16-2)4-9(18-8)12(14)17-3/h4-5H,1-3H3. The number of fused-ring (bicyclic) bond motifs is 1.